The Morgan fingerprint density at radius 3 is 3.11 bits per heavy atom. The van der Waals surface area contributed by atoms with Gasteiger partial charge in [0, 0.05) is 18.8 Å². The molecule has 0 spiro atoms. The number of nitrogens with one attached hydrogen (secondary N) is 1. The molecule has 1 N–H and O–H groups in total. The Morgan fingerprint density at radius 1 is 1.56 bits per heavy atom. The topological polar surface area (TPSA) is 58.1 Å². The van der Waals surface area contributed by atoms with Crippen LogP contribution in [0, 0.1) is 6.92 Å². The number of aromatic nitrogens is 2. The van der Waals surface area contributed by atoms with Gasteiger partial charge in [-0.1, -0.05) is 0 Å². The average molecular weight is 248 g/mol. The van der Waals surface area contributed by atoms with E-state index < -0.39 is 0 Å². The van der Waals surface area contributed by atoms with Crippen LogP contribution in [0.1, 0.15) is 37.7 Å². The molecule has 0 aliphatic carbocycles. The van der Waals surface area contributed by atoms with E-state index in [9.17, 15) is 4.79 Å². The van der Waals surface area contributed by atoms with E-state index in [0.717, 1.165) is 30.9 Å². The Labute approximate surface area is 108 Å². The van der Waals surface area contributed by atoms with Crippen LogP contribution in [0.2, 0.25) is 0 Å². The fraction of sp³-hybridized carbons (Fsp3) is 0.615. The van der Waals surface area contributed by atoms with Gasteiger partial charge in [-0.25, -0.2) is 14.8 Å². The highest BCUT2D eigenvalue weighted by Gasteiger charge is 2.22. The maximum absolute atomic E-state index is 12.0. The first-order valence-corrected chi connectivity index (χ1v) is 6.50. The van der Waals surface area contributed by atoms with Gasteiger partial charge in [0.15, 0.2) is 0 Å². The number of piperidine rings is 1. The Morgan fingerprint density at radius 2 is 2.39 bits per heavy atom. The standard InChI is InChI=1S/C13H20N4O/c1-10-5-3-4-8-17(10)13(18)15-9-12-6-7-14-11(2)16-12/h6-7,10H,3-5,8-9H2,1-2H3,(H,15,18). The Hall–Kier alpha value is -1.65. The predicted octanol–water partition coefficient (Wildman–Crippen LogP) is 1.87. The largest absolute Gasteiger partial charge is 0.332 e. The van der Waals surface area contributed by atoms with Gasteiger partial charge >= 0.3 is 6.03 Å². The molecular weight excluding hydrogens is 228 g/mol. The molecule has 0 radical (unpaired) electrons. The maximum Gasteiger partial charge on any atom is 0.317 e. The zero-order chi connectivity index (χ0) is 13.0. The van der Waals surface area contributed by atoms with Crippen molar-refractivity contribution in [3.05, 3.63) is 23.8 Å². The van der Waals surface area contributed by atoms with Crippen molar-refractivity contribution in [1.82, 2.24) is 20.2 Å². The van der Waals surface area contributed by atoms with Gasteiger partial charge in [-0.15, -0.1) is 0 Å². The number of aryl methyl sites for hydroxylation is 1. The Bertz CT molecular complexity index is 421. The van der Waals surface area contributed by atoms with Crippen LogP contribution in [0.4, 0.5) is 4.79 Å². The van der Waals surface area contributed by atoms with Crippen molar-refractivity contribution < 1.29 is 4.79 Å². The highest BCUT2D eigenvalue weighted by atomic mass is 16.2. The highest BCUT2D eigenvalue weighted by Crippen LogP contribution is 2.16. The minimum Gasteiger partial charge on any atom is -0.332 e. The quantitative estimate of drug-likeness (QED) is 0.869. The molecule has 2 amide bonds. The normalized spacial score (nSPS) is 19.7. The van der Waals surface area contributed by atoms with Gasteiger partial charge in [0.25, 0.3) is 0 Å². The summed E-state index contributed by atoms with van der Waals surface area (Å²) in [5.41, 5.74) is 0.848. The molecule has 1 aromatic rings. The van der Waals surface area contributed by atoms with Crippen LogP contribution in [0.5, 0.6) is 0 Å². The molecule has 2 rings (SSSR count). The van der Waals surface area contributed by atoms with E-state index in [-0.39, 0.29) is 6.03 Å². The van der Waals surface area contributed by atoms with Crippen molar-refractivity contribution in [3.63, 3.8) is 0 Å². The monoisotopic (exact) mass is 248 g/mol. The van der Waals surface area contributed by atoms with Gasteiger partial charge in [0.05, 0.1) is 12.2 Å². The van der Waals surface area contributed by atoms with E-state index in [2.05, 4.69) is 22.2 Å². The predicted molar refractivity (Wildman–Crippen MR) is 69.0 cm³/mol. The third kappa shape index (κ3) is 3.18. The second-order valence-electron chi connectivity index (χ2n) is 4.79. The molecule has 98 valence electrons. The van der Waals surface area contributed by atoms with E-state index in [0.29, 0.717) is 12.6 Å². The molecule has 18 heavy (non-hydrogen) atoms. The molecule has 2 heterocycles. The van der Waals surface area contributed by atoms with E-state index in [1.807, 2.05) is 17.9 Å². The van der Waals surface area contributed by atoms with Gasteiger partial charge in [0.1, 0.15) is 5.82 Å². The van der Waals surface area contributed by atoms with Gasteiger partial charge in [-0.2, -0.15) is 0 Å². The SMILES string of the molecule is Cc1nccc(CNC(=O)N2CCCCC2C)n1. The molecule has 1 aromatic heterocycles. The lowest BCUT2D eigenvalue weighted by atomic mass is 10.0. The lowest BCUT2D eigenvalue weighted by molar-refractivity contribution is 0.157. The summed E-state index contributed by atoms with van der Waals surface area (Å²) in [6.07, 6.45) is 5.13. The molecule has 1 fully saturated rings. The van der Waals surface area contributed by atoms with Gasteiger partial charge in [-0.05, 0) is 39.2 Å². The van der Waals surface area contributed by atoms with Crippen LogP contribution >= 0.6 is 0 Å². The first kappa shape index (κ1) is 12.8. The summed E-state index contributed by atoms with van der Waals surface area (Å²) in [4.78, 5) is 22.3. The smallest absolute Gasteiger partial charge is 0.317 e. The van der Waals surface area contributed by atoms with Crippen molar-refractivity contribution in [2.75, 3.05) is 6.54 Å². The van der Waals surface area contributed by atoms with Gasteiger partial charge in [0.2, 0.25) is 0 Å². The average Bonchev–Trinajstić information content (AvgIpc) is 2.37. The van der Waals surface area contributed by atoms with Crippen LogP contribution in [0.3, 0.4) is 0 Å². The molecule has 5 heteroatoms. The second kappa shape index (κ2) is 5.80. The molecule has 1 atom stereocenters. The first-order chi connectivity index (χ1) is 8.66. The summed E-state index contributed by atoms with van der Waals surface area (Å²) in [7, 11) is 0. The number of rotatable bonds is 2. The van der Waals surface area contributed by atoms with E-state index in [1.54, 1.807) is 6.20 Å². The Balaban J connectivity index is 1.88. The van der Waals surface area contributed by atoms with Crippen molar-refractivity contribution >= 4 is 6.03 Å². The van der Waals surface area contributed by atoms with Crippen molar-refractivity contribution in [2.45, 2.75) is 45.7 Å². The second-order valence-corrected chi connectivity index (χ2v) is 4.79. The minimum atomic E-state index is 0.0125. The zero-order valence-electron chi connectivity index (χ0n) is 11.0. The van der Waals surface area contributed by atoms with Gasteiger partial charge < -0.3 is 10.2 Å². The molecule has 5 nitrogen and oxygen atoms in total. The van der Waals surface area contributed by atoms with E-state index >= 15 is 0 Å². The molecule has 1 aliphatic heterocycles. The fourth-order valence-corrected chi connectivity index (χ4v) is 2.27. The minimum absolute atomic E-state index is 0.0125. The Kier molecular flexibility index (Phi) is 4.12. The third-order valence-electron chi connectivity index (χ3n) is 3.32. The van der Waals surface area contributed by atoms with E-state index in [4.69, 9.17) is 0 Å². The van der Waals surface area contributed by atoms with Crippen LogP contribution in [-0.2, 0) is 6.54 Å². The maximum atomic E-state index is 12.0. The fourth-order valence-electron chi connectivity index (χ4n) is 2.27. The highest BCUT2D eigenvalue weighted by molar-refractivity contribution is 5.74. The lowest BCUT2D eigenvalue weighted by Gasteiger charge is -2.33. The first-order valence-electron chi connectivity index (χ1n) is 6.50. The number of carbonyl (C=O) groups is 1. The summed E-state index contributed by atoms with van der Waals surface area (Å²) in [5, 5.41) is 2.92. The molecule has 1 saturated heterocycles. The summed E-state index contributed by atoms with van der Waals surface area (Å²) in [5.74, 6) is 0.730. The van der Waals surface area contributed by atoms with Crippen LogP contribution in [-0.4, -0.2) is 33.5 Å². The van der Waals surface area contributed by atoms with Crippen molar-refractivity contribution in [3.8, 4) is 0 Å². The number of nitrogens with zero attached hydrogens (tertiary/aromatic N) is 3. The molecule has 0 bridgehead atoms. The summed E-state index contributed by atoms with van der Waals surface area (Å²) < 4.78 is 0. The van der Waals surface area contributed by atoms with Crippen LogP contribution < -0.4 is 5.32 Å². The molecular formula is C13H20N4O. The zero-order valence-corrected chi connectivity index (χ0v) is 11.0. The van der Waals surface area contributed by atoms with Gasteiger partial charge in [-0.3, -0.25) is 0 Å². The summed E-state index contributed by atoms with van der Waals surface area (Å²) in [6, 6.07) is 2.18. The number of hydrogen-bond donors (Lipinski definition) is 1. The summed E-state index contributed by atoms with van der Waals surface area (Å²) in [6.45, 7) is 5.27. The summed E-state index contributed by atoms with van der Waals surface area (Å²) >= 11 is 0. The molecule has 1 aliphatic rings. The lowest BCUT2D eigenvalue weighted by Crippen LogP contribution is -2.47. The van der Waals surface area contributed by atoms with Crippen LogP contribution in [0.25, 0.3) is 0 Å². The molecule has 0 aromatic carbocycles. The number of likely N-dealkylation sites (tertiary alicyclic amines) is 1. The van der Waals surface area contributed by atoms with Crippen LogP contribution in [0.15, 0.2) is 12.3 Å². The van der Waals surface area contributed by atoms with Crippen molar-refractivity contribution in [2.24, 2.45) is 0 Å². The molecule has 1 unspecified atom stereocenters. The number of hydrogen-bond acceptors (Lipinski definition) is 3. The number of carbonyl (C=O) groups excluding carboxylic acids is 1. The van der Waals surface area contributed by atoms with Crippen molar-refractivity contribution in [1.29, 1.82) is 0 Å². The van der Waals surface area contributed by atoms with E-state index in [1.165, 1.54) is 6.42 Å². The number of amides is 2. The molecule has 0 saturated carbocycles. The number of urea groups is 1. The third-order valence-corrected chi connectivity index (χ3v) is 3.32.